The molecule has 0 saturated carbocycles. The molecule has 1 aromatic carbocycles. The lowest BCUT2D eigenvalue weighted by Gasteiger charge is -1.82. The molecule has 0 aliphatic rings. The van der Waals surface area contributed by atoms with Crippen molar-refractivity contribution in [2.24, 2.45) is 0 Å². The molecule has 11 heavy (non-hydrogen) atoms. The van der Waals surface area contributed by atoms with Crippen LogP contribution in [0.5, 0.6) is 5.75 Å². The lowest BCUT2D eigenvalue weighted by molar-refractivity contribution is 0.321. The quantitative estimate of drug-likeness (QED) is 0.636. The number of aliphatic hydroxyl groups excluding tert-OH is 1. The first-order valence-corrected chi connectivity index (χ1v) is 3.75. The van der Waals surface area contributed by atoms with Gasteiger partial charge in [-0.15, -0.1) is 11.6 Å². The number of hydrogen-bond donors (Lipinski definition) is 2. The molecule has 62 valence electrons. The minimum Gasteiger partial charge on any atom is -0.508 e. The lowest BCUT2D eigenvalue weighted by atomic mass is 10.3. The molecular weight excluding hydrogens is 164 g/mol. The number of phenolic OH excluding ortho intramolecular Hbond substituents is 1. The summed E-state index contributed by atoms with van der Waals surface area (Å²) in [5.41, 5.74) is 0. The Labute approximate surface area is 71.1 Å². The fraction of sp³-hybridized carbons (Fsp3) is 0.250. The Morgan fingerprint density at radius 1 is 1.18 bits per heavy atom. The van der Waals surface area contributed by atoms with Gasteiger partial charge in [0.05, 0.1) is 6.61 Å². The summed E-state index contributed by atoms with van der Waals surface area (Å²) < 4.78 is 0. The second-order valence-electron chi connectivity index (χ2n) is 1.75. The lowest BCUT2D eigenvalue weighted by Crippen LogP contribution is -1.76. The number of para-hydroxylation sites is 1. The molecule has 2 N–H and O–H groups in total. The van der Waals surface area contributed by atoms with Gasteiger partial charge in [0.2, 0.25) is 0 Å². The Balaban J connectivity index is 0.000000218. The highest BCUT2D eigenvalue weighted by atomic mass is 35.5. The molecule has 2 nitrogen and oxygen atoms in total. The van der Waals surface area contributed by atoms with E-state index in [9.17, 15) is 0 Å². The van der Waals surface area contributed by atoms with Crippen molar-refractivity contribution in [2.45, 2.75) is 0 Å². The van der Waals surface area contributed by atoms with Crippen LogP contribution in [0, 0.1) is 0 Å². The molecule has 1 rings (SSSR count). The molecule has 0 atom stereocenters. The first-order valence-electron chi connectivity index (χ1n) is 3.22. The van der Waals surface area contributed by atoms with Crippen molar-refractivity contribution in [3.63, 3.8) is 0 Å². The number of phenols is 1. The summed E-state index contributed by atoms with van der Waals surface area (Å²) in [6.45, 7) is 0.0849. The zero-order valence-corrected chi connectivity index (χ0v) is 6.83. The van der Waals surface area contributed by atoms with Crippen LogP contribution in [0.4, 0.5) is 0 Å². The smallest absolute Gasteiger partial charge is 0.115 e. The Kier molecular flexibility index (Phi) is 6.89. The van der Waals surface area contributed by atoms with Crippen LogP contribution in [0.15, 0.2) is 30.3 Å². The maximum Gasteiger partial charge on any atom is 0.115 e. The second kappa shape index (κ2) is 7.38. The molecule has 0 heterocycles. The third kappa shape index (κ3) is 7.16. The molecule has 0 saturated heterocycles. The monoisotopic (exact) mass is 174 g/mol. The van der Waals surface area contributed by atoms with Gasteiger partial charge in [-0.1, -0.05) is 18.2 Å². The van der Waals surface area contributed by atoms with Gasteiger partial charge in [0, 0.05) is 5.88 Å². The van der Waals surface area contributed by atoms with Crippen molar-refractivity contribution in [3.8, 4) is 5.75 Å². The second-order valence-corrected chi connectivity index (χ2v) is 2.13. The van der Waals surface area contributed by atoms with Gasteiger partial charge in [-0.3, -0.25) is 0 Å². The average molecular weight is 175 g/mol. The maximum atomic E-state index is 8.63. The van der Waals surface area contributed by atoms with Gasteiger partial charge in [0.1, 0.15) is 5.75 Å². The van der Waals surface area contributed by atoms with E-state index in [0.29, 0.717) is 11.6 Å². The van der Waals surface area contributed by atoms with Crippen LogP contribution in [-0.2, 0) is 0 Å². The molecule has 0 unspecified atom stereocenters. The number of benzene rings is 1. The van der Waals surface area contributed by atoms with Gasteiger partial charge >= 0.3 is 0 Å². The third-order valence-corrected chi connectivity index (χ3v) is 1.01. The van der Waals surface area contributed by atoms with Crippen LogP contribution in [0.2, 0.25) is 0 Å². The SMILES string of the molecule is OCCCl.Oc1ccccc1. The van der Waals surface area contributed by atoms with E-state index in [1.54, 1.807) is 24.3 Å². The summed E-state index contributed by atoms with van der Waals surface area (Å²) >= 11 is 4.94. The first kappa shape index (κ1) is 10.3. The fourth-order valence-corrected chi connectivity index (χ4v) is 0.428. The van der Waals surface area contributed by atoms with Gasteiger partial charge in [-0.25, -0.2) is 0 Å². The third-order valence-electron chi connectivity index (χ3n) is 0.841. The summed E-state index contributed by atoms with van der Waals surface area (Å²) in [5.74, 6) is 0.669. The number of hydrogen-bond acceptors (Lipinski definition) is 2. The van der Waals surface area contributed by atoms with E-state index in [2.05, 4.69) is 0 Å². The van der Waals surface area contributed by atoms with Crippen LogP contribution in [0.25, 0.3) is 0 Å². The molecule has 0 aliphatic carbocycles. The Morgan fingerprint density at radius 3 is 1.82 bits per heavy atom. The molecule has 0 radical (unpaired) electrons. The van der Waals surface area contributed by atoms with E-state index in [0.717, 1.165) is 0 Å². The minimum absolute atomic E-state index is 0.0849. The summed E-state index contributed by atoms with van der Waals surface area (Å²) in [5, 5.41) is 16.4. The highest BCUT2D eigenvalue weighted by Crippen LogP contribution is 2.02. The van der Waals surface area contributed by atoms with Gasteiger partial charge in [0.15, 0.2) is 0 Å². The van der Waals surface area contributed by atoms with Crippen molar-refractivity contribution in [1.82, 2.24) is 0 Å². The molecule has 0 aromatic heterocycles. The molecule has 3 heteroatoms. The highest BCUT2D eigenvalue weighted by Gasteiger charge is 1.74. The zero-order valence-electron chi connectivity index (χ0n) is 6.07. The van der Waals surface area contributed by atoms with Crippen LogP contribution < -0.4 is 0 Å². The van der Waals surface area contributed by atoms with Gasteiger partial charge < -0.3 is 10.2 Å². The normalized spacial score (nSPS) is 8.18. The van der Waals surface area contributed by atoms with E-state index in [1.165, 1.54) is 0 Å². The van der Waals surface area contributed by atoms with Crippen molar-refractivity contribution >= 4 is 11.6 Å². The van der Waals surface area contributed by atoms with Crippen LogP contribution in [0.3, 0.4) is 0 Å². The summed E-state index contributed by atoms with van der Waals surface area (Å²) in [6.07, 6.45) is 0. The average Bonchev–Trinajstić information content (AvgIpc) is 2.07. The van der Waals surface area contributed by atoms with E-state index < -0.39 is 0 Å². The zero-order chi connectivity index (χ0) is 8.53. The predicted molar refractivity (Wildman–Crippen MR) is 45.9 cm³/mol. The highest BCUT2D eigenvalue weighted by molar-refractivity contribution is 6.17. The molecule has 0 fully saturated rings. The van der Waals surface area contributed by atoms with Crippen molar-refractivity contribution in [3.05, 3.63) is 30.3 Å². The van der Waals surface area contributed by atoms with Crippen molar-refractivity contribution in [1.29, 1.82) is 0 Å². The molecule has 0 aliphatic heterocycles. The van der Waals surface area contributed by atoms with Crippen molar-refractivity contribution < 1.29 is 10.2 Å². The van der Waals surface area contributed by atoms with Crippen LogP contribution in [0.1, 0.15) is 0 Å². The number of halogens is 1. The Bertz CT molecular complexity index is 163. The Hall–Kier alpha value is -0.730. The number of aliphatic hydroxyl groups is 1. The maximum absolute atomic E-state index is 8.63. The molecule has 1 aromatic rings. The largest absolute Gasteiger partial charge is 0.508 e. The van der Waals surface area contributed by atoms with Crippen LogP contribution >= 0.6 is 11.6 Å². The van der Waals surface area contributed by atoms with Crippen LogP contribution in [-0.4, -0.2) is 22.7 Å². The fourth-order valence-electron chi connectivity index (χ4n) is 0.428. The van der Waals surface area contributed by atoms with E-state index >= 15 is 0 Å². The summed E-state index contributed by atoms with van der Waals surface area (Å²) in [7, 11) is 0. The Morgan fingerprint density at radius 2 is 1.64 bits per heavy atom. The molecule has 0 spiro atoms. The van der Waals surface area contributed by atoms with E-state index in [1.807, 2.05) is 6.07 Å². The summed E-state index contributed by atoms with van der Waals surface area (Å²) in [6, 6.07) is 8.71. The first-order chi connectivity index (χ1) is 5.31. The van der Waals surface area contributed by atoms with E-state index in [4.69, 9.17) is 21.8 Å². The van der Waals surface area contributed by atoms with Gasteiger partial charge in [-0.2, -0.15) is 0 Å². The number of aromatic hydroxyl groups is 1. The minimum atomic E-state index is 0.0849. The topological polar surface area (TPSA) is 40.5 Å². The number of rotatable bonds is 1. The van der Waals surface area contributed by atoms with Gasteiger partial charge in [0.25, 0.3) is 0 Å². The summed E-state index contributed by atoms with van der Waals surface area (Å²) in [4.78, 5) is 0. The standard InChI is InChI=1S/C6H6O.C2H5ClO/c7-6-4-2-1-3-5-6;3-1-2-4/h1-5,7H;4H,1-2H2. The molecule has 0 bridgehead atoms. The molecule has 0 amide bonds. The van der Waals surface area contributed by atoms with Crippen molar-refractivity contribution in [2.75, 3.05) is 12.5 Å². The predicted octanol–water partition coefficient (Wildman–Crippen LogP) is 1.61. The number of alkyl halides is 1. The van der Waals surface area contributed by atoms with E-state index in [-0.39, 0.29) is 6.61 Å². The van der Waals surface area contributed by atoms with Gasteiger partial charge in [-0.05, 0) is 12.1 Å². The molecular formula is C8H11ClO2.